The van der Waals surface area contributed by atoms with E-state index in [1.807, 2.05) is 31.2 Å². The molecule has 0 fully saturated rings. The first-order valence-corrected chi connectivity index (χ1v) is 7.20. The number of hydrogen-bond acceptors (Lipinski definition) is 3. The normalized spacial score (nSPS) is 10.5. The quantitative estimate of drug-likeness (QED) is 0.805. The Morgan fingerprint density at radius 2 is 1.74 bits per heavy atom. The zero-order valence-electron chi connectivity index (χ0n) is 12.8. The first kappa shape index (κ1) is 16.3. The summed E-state index contributed by atoms with van der Waals surface area (Å²) in [5.41, 5.74) is 7.05. The molecule has 2 aromatic carbocycles. The Labute approximate surface area is 134 Å². The lowest BCUT2D eigenvalue weighted by molar-refractivity contribution is -0.111. The van der Waals surface area contributed by atoms with Crippen LogP contribution in [0.15, 0.2) is 54.6 Å². The number of nitrogens with one attached hydrogen (secondary N) is 1. The Morgan fingerprint density at radius 3 is 2.30 bits per heavy atom. The number of amides is 2. The van der Waals surface area contributed by atoms with E-state index in [0.29, 0.717) is 17.9 Å². The van der Waals surface area contributed by atoms with E-state index in [-0.39, 0.29) is 5.91 Å². The second-order valence-corrected chi connectivity index (χ2v) is 4.77. The van der Waals surface area contributed by atoms with E-state index >= 15 is 0 Å². The van der Waals surface area contributed by atoms with Crippen molar-refractivity contribution in [1.82, 2.24) is 0 Å². The number of ether oxygens (including phenoxy) is 1. The van der Waals surface area contributed by atoms with Gasteiger partial charge in [-0.1, -0.05) is 12.1 Å². The molecule has 0 heterocycles. The molecule has 0 saturated carbocycles. The summed E-state index contributed by atoms with van der Waals surface area (Å²) in [6.45, 7) is 2.54. The predicted molar refractivity (Wildman–Crippen MR) is 90.2 cm³/mol. The van der Waals surface area contributed by atoms with E-state index in [1.54, 1.807) is 30.3 Å². The van der Waals surface area contributed by atoms with Crippen LogP contribution in [0.25, 0.3) is 6.08 Å². The SMILES string of the molecule is CCOc1ccc(C=CC(=O)Nc2ccc(C(N)=O)cc2)cc1. The fourth-order valence-electron chi connectivity index (χ4n) is 1.92. The third-order valence-corrected chi connectivity index (χ3v) is 3.06. The summed E-state index contributed by atoms with van der Waals surface area (Å²) in [5.74, 6) is 0.0348. The average Bonchev–Trinajstić information content (AvgIpc) is 2.55. The van der Waals surface area contributed by atoms with Crippen molar-refractivity contribution in [3.8, 4) is 5.75 Å². The monoisotopic (exact) mass is 310 g/mol. The molecule has 0 aliphatic rings. The standard InChI is InChI=1S/C18H18N2O3/c1-2-23-16-10-3-13(4-11-16)5-12-17(21)20-15-8-6-14(7-9-15)18(19)22/h3-12H,2H2,1H3,(H2,19,22)(H,20,21). The van der Waals surface area contributed by atoms with E-state index < -0.39 is 5.91 Å². The lowest BCUT2D eigenvalue weighted by Gasteiger charge is -2.03. The minimum Gasteiger partial charge on any atom is -0.494 e. The fourth-order valence-corrected chi connectivity index (χ4v) is 1.92. The van der Waals surface area contributed by atoms with Crippen molar-refractivity contribution >= 4 is 23.6 Å². The van der Waals surface area contributed by atoms with E-state index in [4.69, 9.17) is 10.5 Å². The first-order valence-electron chi connectivity index (χ1n) is 7.20. The Balaban J connectivity index is 1.94. The van der Waals surface area contributed by atoms with Gasteiger partial charge in [0.05, 0.1) is 6.61 Å². The van der Waals surface area contributed by atoms with Crippen LogP contribution >= 0.6 is 0 Å². The lowest BCUT2D eigenvalue weighted by atomic mass is 10.2. The van der Waals surface area contributed by atoms with Crippen molar-refractivity contribution in [2.45, 2.75) is 6.92 Å². The highest BCUT2D eigenvalue weighted by Crippen LogP contribution is 2.13. The highest BCUT2D eigenvalue weighted by molar-refractivity contribution is 6.02. The van der Waals surface area contributed by atoms with Gasteiger partial charge in [0.15, 0.2) is 0 Å². The summed E-state index contributed by atoms with van der Waals surface area (Å²) < 4.78 is 5.36. The topological polar surface area (TPSA) is 81.4 Å². The molecule has 0 spiro atoms. The van der Waals surface area contributed by atoms with E-state index in [0.717, 1.165) is 11.3 Å². The van der Waals surface area contributed by atoms with Crippen molar-refractivity contribution in [3.63, 3.8) is 0 Å². The predicted octanol–water partition coefficient (Wildman–Crippen LogP) is 2.84. The van der Waals surface area contributed by atoms with Crippen molar-refractivity contribution in [1.29, 1.82) is 0 Å². The maximum absolute atomic E-state index is 11.9. The van der Waals surface area contributed by atoms with Gasteiger partial charge in [-0.15, -0.1) is 0 Å². The van der Waals surface area contributed by atoms with E-state index in [1.165, 1.54) is 6.08 Å². The van der Waals surface area contributed by atoms with E-state index in [2.05, 4.69) is 5.32 Å². The van der Waals surface area contributed by atoms with Crippen molar-refractivity contribution in [3.05, 3.63) is 65.7 Å². The third kappa shape index (κ3) is 5.00. The van der Waals surface area contributed by atoms with Crippen molar-refractivity contribution < 1.29 is 14.3 Å². The van der Waals surface area contributed by atoms with Crippen LogP contribution in [0, 0.1) is 0 Å². The minimum atomic E-state index is -0.502. The number of primary amides is 1. The van der Waals surface area contributed by atoms with Gasteiger partial charge in [-0.05, 0) is 55.0 Å². The number of carbonyl (C=O) groups excluding carboxylic acids is 2. The summed E-state index contributed by atoms with van der Waals surface area (Å²) in [6, 6.07) is 13.8. The van der Waals surface area contributed by atoms with Gasteiger partial charge in [0.1, 0.15) is 5.75 Å². The molecule has 0 radical (unpaired) electrons. The summed E-state index contributed by atoms with van der Waals surface area (Å²) >= 11 is 0. The minimum absolute atomic E-state index is 0.259. The van der Waals surface area contributed by atoms with Crippen LogP contribution in [-0.2, 0) is 4.79 Å². The van der Waals surface area contributed by atoms with E-state index in [9.17, 15) is 9.59 Å². The molecule has 0 bridgehead atoms. The number of carbonyl (C=O) groups is 2. The summed E-state index contributed by atoms with van der Waals surface area (Å²) in [7, 11) is 0. The summed E-state index contributed by atoms with van der Waals surface area (Å²) in [6.07, 6.45) is 3.15. The largest absolute Gasteiger partial charge is 0.494 e. The van der Waals surface area contributed by atoms with Gasteiger partial charge in [-0.25, -0.2) is 0 Å². The van der Waals surface area contributed by atoms with Gasteiger partial charge < -0.3 is 15.8 Å². The van der Waals surface area contributed by atoms with Gasteiger partial charge in [0.25, 0.3) is 0 Å². The average molecular weight is 310 g/mol. The highest BCUT2D eigenvalue weighted by Gasteiger charge is 2.01. The van der Waals surface area contributed by atoms with Crippen LogP contribution in [-0.4, -0.2) is 18.4 Å². The molecule has 23 heavy (non-hydrogen) atoms. The molecule has 5 heteroatoms. The maximum Gasteiger partial charge on any atom is 0.248 e. The summed E-state index contributed by atoms with van der Waals surface area (Å²) in [4.78, 5) is 22.8. The third-order valence-electron chi connectivity index (χ3n) is 3.06. The number of hydrogen-bond donors (Lipinski definition) is 2. The molecule has 0 unspecified atom stereocenters. The zero-order valence-corrected chi connectivity index (χ0v) is 12.8. The molecule has 118 valence electrons. The van der Waals surface area contributed by atoms with Crippen LogP contribution in [0.3, 0.4) is 0 Å². The van der Waals surface area contributed by atoms with Crippen molar-refractivity contribution in [2.75, 3.05) is 11.9 Å². The Morgan fingerprint density at radius 1 is 1.09 bits per heavy atom. The van der Waals surface area contributed by atoms with Gasteiger partial charge in [0, 0.05) is 17.3 Å². The van der Waals surface area contributed by atoms with Crippen molar-refractivity contribution in [2.24, 2.45) is 5.73 Å². The Hall–Kier alpha value is -3.08. The molecule has 0 saturated heterocycles. The van der Waals surface area contributed by atoms with Crippen LogP contribution in [0.2, 0.25) is 0 Å². The zero-order chi connectivity index (χ0) is 16.7. The second-order valence-electron chi connectivity index (χ2n) is 4.77. The summed E-state index contributed by atoms with van der Waals surface area (Å²) in [5, 5.41) is 2.71. The maximum atomic E-state index is 11.9. The molecule has 5 nitrogen and oxygen atoms in total. The number of anilines is 1. The Bertz CT molecular complexity index is 704. The molecule has 2 rings (SSSR count). The molecule has 0 aromatic heterocycles. The fraction of sp³-hybridized carbons (Fsp3) is 0.111. The second kappa shape index (κ2) is 7.79. The van der Waals surface area contributed by atoms with Crippen LogP contribution in [0.4, 0.5) is 5.69 Å². The Kier molecular flexibility index (Phi) is 5.52. The van der Waals surface area contributed by atoms with Gasteiger partial charge in [-0.3, -0.25) is 9.59 Å². The van der Waals surface area contributed by atoms with Crippen LogP contribution in [0.5, 0.6) is 5.75 Å². The highest BCUT2D eigenvalue weighted by atomic mass is 16.5. The van der Waals surface area contributed by atoms with Crippen LogP contribution in [0.1, 0.15) is 22.8 Å². The molecule has 0 aliphatic carbocycles. The van der Waals surface area contributed by atoms with Crippen LogP contribution < -0.4 is 15.8 Å². The van der Waals surface area contributed by atoms with Gasteiger partial charge in [-0.2, -0.15) is 0 Å². The number of benzene rings is 2. The molecule has 2 aromatic rings. The molecule has 0 atom stereocenters. The smallest absolute Gasteiger partial charge is 0.248 e. The molecular weight excluding hydrogens is 292 g/mol. The van der Waals surface area contributed by atoms with Gasteiger partial charge in [0.2, 0.25) is 11.8 Å². The lowest BCUT2D eigenvalue weighted by Crippen LogP contribution is -2.11. The molecule has 3 N–H and O–H groups in total. The molecular formula is C18H18N2O3. The first-order chi connectivity index (χ1) is 11.1. The van der Waals surface area contributed by atoms with Gasteiger partial charge >= 0.3 is 0 Å². The molecule has 2 amide bonds. The number of rotatable bonds is 6. The molecule has 0 aliphatic heterocycles. The number of nitrogens with two attached hydrogens (primary N) is 1.